The van der Waals surface area contributed by atoms with Crippen molar-refractivity contribution in [2.45, 2.75) is 6.42 Å². The van der Waals surface area contributed by atoms with Crippen molar-refractivity contribution >= 4 is 28.8 Å². The number of nitrogens with zero attached hydrogens (tertiary/aromatic N) is 2. The molecule has 68 valence electrons. The van der Waals surface area contributed by atoms with Crippen LogP contribution in [0.3, 0.4) is 0 Å². The van der Waals surface area contributed by atoms with Crippen molar-refractivity contribution in [2.24, 2.45) is 10.2 Å². The van der Waals surface area contributed by atoms with Gasteiger partial charge in [0.2, 0.25) is 0 Å². The van der Waals surface area contributed by atoms with Crippen LogP contribution in [0.25, 0.3) is 5.57 Å². The van der Waals surface area contributed by atoms with Gasteiger partial charge in [0, 0.05) is 12.0 Å². The molecule has 2 heterocycles. The number of hydrogen-bond acceptors (Lipinski definition) is 3. The maximum absolute atomic E-state index is 4.10. The van der Waals surface area contributed by atoms with E-state index in [2.05, 4.69) is 39.2 Å². The van der Waals surface area contributed by atoms with Gasteiger partial charge in [0.05, 0.1) is 11.9 Å². The van der Waals surface area contributed by atoms with Crippen LogP contribution in [0.1, 0.15) is 12.0 Å². The van der Waals surface area contributed by atoms with E-state index >= 15 is 0 Å². The Morgan fingerprint density at radius 2 is 2.29 bits per heavy atom. The minimum absolute atomic E-state index is 0.905. The molecule has 3 rings (SSSR count). The second-order valence-corrected chi connectivity index (χ2v) is 4.07. The Kier molecular flexibility index (Phi) is 1.70. The summed E-state index contributed by atoms with van der Waals surface area (Å²) in [6.45, 7) is 0. The summed E-state index contributed by atoms with van der Waals surface area (Å²) in [7, 11) is 0. The van der Waals surface area contributed by atoms with Gasteiger partial charge in [-0.1, -0.05) is 12.2 Å². The third-order valence-corrected chi connectivity index (χ3v) is 3.11. The summed E-state index contributed by atoms with van der Waals surface area (Å²) >= 11 is 1.73. The monoisotopic (exact) mass is 200 g/mol. The molecular weight excluding hydrogens is 192 g/mol. The summed E-state index contributed by atoms with van der Waals surface area (Å²) in [5, 5.41) is 12.3. The fourth-order valence-corrected chi connectivity index (χ4v) is 2.33. The van der Waals surface area contributed by atoms with Gasteiger partial charge in [-0.2, -0.15) is 21.5 Å². The van der Waals surface area contributed by atoms with Gasteiger partial charge >= 0.3 is 0 Å². The van der Waals surface area contributed by atoms with E-state index in [-0.39, 0.29) is 0 Å². The molecule has 1 aromatic heterocycles. The van der Waals surface area contributed by atoms with Crippen LogP contribution >= 0.6 is 11.3 Å². The number of allylic oxidation sites excluding steroid dienone is 4. The van der Waals surface area contributed by atoms with E-state index in [9.17, 15) is 0 Å². The highest BCUT2D eigenvalue weighted by atomic mass is 32.1. The molecule has 1 aliphatic carbocycles. The van der Waals surface area contributed by atoms with E-state index < -0.39 is 0 Å². The first kappa shape index (κ1) is 7.88. The topological polar surface area (TPSA) is 24.7 Å². The minimum atomic E-state index is 0.905. The Morgan fingerprint density at radius 1 is 1.29 bits per heavy atom. The first-order chi connectivity index (χ1) is 6.93. The molecule has 0 spiro atoms. The molecule has 0 atom stereocenters. The number of rotatable bonds is 1. The van der Waals surface area contributed by atoms with Crippen LogP contribution in [-0.2, 0) is 0 Å². The van der Waals surface area contributed by atoms with Crippen molar-refractivity contribution < 1.29 is 0 Å². The van der Waals surface area contributed by atoms with E-state index in [0.29, 0.717) is 0 Å². The van der Waals surface area contributed by atoms with Gasteiger partial charge in [0.25, 0.3) is 0 Å². The third-order valence-electron chi connectivity index (χ3n) is 2.42. The largest absolute Gasteiger partial charge is 0.158 e. The molecule has 1 aliphatic heterocycles. The zero-order valence-corrected chi connectivity index (χ0v) is 8.29. The third kappa shape index (κ3) is 1.17. The quantitative estimate of drug-likeness (QED) is 0.666. The van der Waals surface area contributed by atoms with Gasteiger partial charge in [-0.3, -0.25) is 0 Å². The predicted octanol–water partition coefficient (Wildman–Crippen LogP) is 2.90. The van der Waals surface area contributed by atoms with Crippen molar-refractivity contribution in [3.8, 4) is 0 Å². The van der Waals surface area contributed by atoms with Gasteiger partial charge < -0.3 is 0 Å². The molecular formula is C11H8N2S. The summed E-state index contributed by atoms with van der Waals surface area (Å²) in [6.07, 6.45) is 6.97. The smallest absolute Gasteiger partial charge is 0.0762 e. The van der Waals surface area contributed by atoms with Crippen LogP contribution in [-0.4, -0.2) is 11.9 Å². The summed E-state index contributed by atoms with van der Waals surface area (Å²) in [4.78, 5) is 0. The van der Waals surface area contributed by atoms with Gasteiger partial charge in [0.1, 0.15) is 0 Å². The van der Waals surface area contributed by atoms with Gasteiger partial charge in [-0.25, -0.2) is 0 Å². The van der Waals surface area contributed by atoms with Crippen molar-refractivity contribution in [3.63, 3.8) is 0 Å². The molecule has 14 heavy (non-hydrogen) atoms. The number of hydrogen-bond donors (Lipinski definition) is 0. The Labute approximate surface area is 86.0 Å². The summed E-state index contributed by atoms with van der Waals surface area (Å²) < 4.78 is 0. The molecule has 0 radical (unpaired) electrons. The Bertz CT molecular complexity index is 475. The molecule has 1 aromatic rings. The molecule has 0 amide bonds. The predicted molar refractivity (Wildman–Crippen MR) is 60.9 cm³/mol. The Hall–Kier alpha value is -1.48. The molecule has 0 aromatic carbocycles. The molecule has 0 N–H and O–H groups in total. The second kappa shape index (κ2) is 3.03. The molecule has 0 saturated carbocycles. The van der Waals surface area contributed by atoms with Crippen LogP contribution in [0.4, 0.5) is 0 Å². The van der Waals surface area contributed by atoms with E-state index in [4.69, 9.17) is 0 Å². The minimum Gasteiger partial charge on any atom is -0.158 e. The van der Waals surface area contributed by atoms with Crippen LogP contribution in [0, 0.1) is 0 Å². The van der Waals surface area contributed by atoms with Crippen LogP contribution in [0.5, 0.6) is 0 Å². The summed E-state index contributed by atoms with van der Waals surface area (Å²) in [5.74, 6) is 0. The molecule has 2 aliphatic rings. The SMILES string of the molecule is C1=NN=C2CC(c3ccsc3)=CC=C12. The van der Waals surface area contributed by atoms with Crippen LogP contribution < -0.4 is 0 Å². The fourth-order valence-electron chi connectivity index (χ4n) is 1.64. The second-order valence-electron chi connectivity index (χ2n) is 3.29. The van der Waals surface area contributed by atoms with Crippen molar-refractivity contribution in [2.75, 3.05) is 0 Å². The molecule has 0 bridgehead atoms. The van der Waals surface area contributed by atoms with Crippen molar-refractivity contribution in [1.82, 2.24) is 0 Å². The zero-order valence-electron chi connectivity index (χ0n) is 7.47. The zero-order chi connectivity index (χ0) is 9.38. The van der Waals surface area contributed by atoms with Gasteiger partial charge in [0.15, 0.2) is 0 Å². The molecule has 0 fully saturated rings. The standard InChI is InChI=1S/C11H8N2S/c1-2-9-6-12-13-11(9)5-8(1)10-3-4-14-7-10/h1-4,6-7H,5H2. The lowest BCUT2D eigenvalue weighted by molar-refractivity contribution is 1.25. The highest BCUT2D eigenvalue weighted by Crippen LogP contribution is 2.27. The number of thiophene rings is 1. The first-order valence-corrected chi connectivity index (χ1v) is 5.41. The highest BCUT2D eigenvalue weighted by molar-refractivity contribution is 7.08. The van der Waals surface area contributed by atoms with Gasteiger partial charge in [-0.15, -0.1) is 0 Å². The lowest BCUT2D eigenvalue weighted by Crippen LogP contribution is -2.04. The van der Waals surface area contributed by atoms with E-state index in [1.165, 1.54) is 11.1 Å². The first-order valence-electron chi connectivity index (χ1n) is 4.47. The molecule has 0 saturated heterocycles. The molecule has 2 nitrogen and oxygen atoms in total. The van der Waals surface area contributed by atoms with Gasteiger partial charge in [-0.05, 0) is 28.0 Å². The summed E-state index contributed by atoms with van der Waals surface area (Å²) in [5.41, 5.74) is 4.89. The number of fused-ring (bicyclic) bond motifs is 1. The Morgan fingerprint density at radius 3 is 3.14 bits per heavy atom. The lowest BCUT2D eigenvalue weighted by atomic mass is 9.94. The van der Waals surface area contributed by atoms with E-state index in [1.54, 1.807) is 11.3 Å². The normalized spacial score (nSPS) is 18.7. The maximum Gasteiger partial charge on any atom is 0.0762 e. The van der Waals surface area contributed by atoms with Crippen molar-refractivity contribution in [3.05, 3.63) is 40.1 Å². The highest BCUT2D eigenvalue weighted by Gasteiger charge is 2.16. The van der Waals surface area contributed by atoms with Crippen LogP contribution in [0.15, 0.2) is 44.8 Å². The van der Waals surface area contributed by atoms with E-state index in [1.807, 2.05) is 6.21 Å². The molecule has 3 heteroatoms. The summed E-state index contributed by atoms with van der Waals surface area (Å²) in [6, 6.07) is 2.14. The lowest BCUT2D eigenvalue weighted by Gasteiger charge is -2.09. The Balaban J connectivity index is 2.00. The van der Waals surface area contributed by atoms with Crippen molar-refractivity contribution in [1.29, 1.82) is 0 Å². The van der Waals surface area contributed by atoms with E-state index in [0.717, 1.165) is 17.7 Å². The maximum atomic E-state index is 4.10. The average molecular weight is 200 g/mol. The van der Waals surface area contributed by atoms with Crippen LogP contribution in [0.2, 0.25) is 0 Å². The molecule has 0 unspecified atom stereocenters. The fraction of sp³-hybridized carbons (Fsp3) is 0.0909. The average Bonchev–Trinajstić information content (AvgIpc) is 2.88.